The highest BCUT2D eigenvalue weighted by Gasteiger charge is 2.22. The van der Waals surface area contributed by atoms with Gasteiger partial charge in [-0.3, -0.25) is 10.1 Å². The molecule has 0 aliphatic carbocycles. The molecule has 0 heterocycles. The maximum Gasteiger partial charge on any atom is 0.387 e. The summed E-state index contributed by atoms with van der Waals surface area (Å²) >= 11 is 0. The zero-order chi connectivity index (χ0) is 19.9. The van der Waals surface area contributed by atoms with Gasteiger partial charge in [-0.1, -0.05) is 0 Å². The van der Waals surface area contributed by atoms with Gasteiger partial charge in [-0.25, -0.2) is 9.59 Å². The second-order valence-corrected chi connectivity index (χ2v) is 5.41. The number of alkyl halides is 2. The fraction of sp³-hybridized carbons (Fsp3) is 0.438. The predicted octanol–water partition coefficient (Wildman–Crippen LogP) is 2.08. The molecule has 0 bridgehead atoms. The molecule has 3 amide bonds. The van der Waals surface area contributed by atoms with Crippen LogP contribution in [0.25, 0.3) is 0 Å². The summed E-state index contributed by atoms with van der Waals surface area (Å²) in [6.07, 6.45) is -1.26. The molecule has 0 aromatic heterocycles. The molecule has 0 saturated carbocycles. The average molecular weight is 374 g/mol. The van der Waals surface area contributed by atoms with E-state index in [-0.39, 0.29) is 23.1 Å². The van der Waals surface area contributed by atoms with E-state index in [1.165, 1.54) is 20.1 Å². The third-order valence-electron chi connectivity index (χ3n) is 2.92. The van der Waals surface area contributed by atoms with Crippen LogP contribution in [-0.2, 0) is 9.53 Å². The fourth-order valence-electron chi connectivity index (χ4n) is 1.78. The number of nitrogens with one attached hydrogen (secondary N) is 2. The van der Waals surface area contributed by atoms with Crippen LogP contribution in [0.15, 0.2) is 18.2 Å². The van der Waals surface area contributed by atoms with Crippen molar-refractivity contribution in [1.29, 1.82) is 0 Å². The van der Waals surface area contributed by atoms with Crippen LogP contribution in [0.1, 0.15) is 31.1 Å². The van der Waals surface area contributed by atoms with E-state index in [9.17, 15) is 23.2 Å². The van der Waals surface area contributed by atoms with Crippen LogP contribution in [0.4, 0.5) is 13.6 Å². The standard InChI is InChI=1S/C16H20F2N2O6/c1-8(2)19-16(23)20-13(21)9(3)25-14(22)10-5-6-11(26-15(17)18)12(7-10)24-4/h5-9,15H,1-4H3,(H2,19,20,21,23)/t9-/m1/s1. The number of hydrogen-bond donors (Lipinski definition) is 2. The summed E-state index contributed by atoms with van der Waals surface area (Å²) in [7, 11) is 1.21. The van der Waals surface area contributed by atoms with Crippen LogP contribution < -0.4 is 20.1 Å². The van der Waals surface area contributed by atoms with Crippen LogP contribution in [0.5, 0.6) is 11.5 Å². The highest BCUT2D eigenvalue weighted by molar-refractivity contribution is 5.98. The Morgan fingerprint density at radius 1 is 1.08 bits per heavy atom. The number of urea groups is 1. The second-order valence-electron chi connectivity index (χ2n) is 5.41. The maximum atomic E-state index is 12.3. The lowest BCUT2D eigenvalue weighted by atomic mass is 10.2. The number of esters is 1. The van der Waals surface area contributed by atoms with Gasteiger partial charge in [0.25, 0.3) is 5.91 Å². The Morgan fingerprint density at radius 3 is 2.27 bits per heavy atom. The Kier molecular flexibility index (Phi) is 7.76. The topological polar surface area (TPSA) is 103 Å². The van der Waals surface area contributed by atoms with Crippen LogP contribution in [-0.4, -0.2) is 43.8 Å². The molecule has 1 aromatic carbocycles. The summed E-state index contributed by atoms with van der Waals surface area (Å²) in [5.74, 6) is -2.08. The van der Waals surface area contributed by atoms with E-state index < -0.39 is 30.6 Å². The number of methoxy groups -OCH3 is 1. The lowest BCUT2D eigenvalue weighted by molar-refractivity contribution is -0.127. The Morgan fingerprint density at radius 2 is 1.73 bits per heavy atom. The van der Waals surface area contributed by atoms with Crippen molar-refractivity contribution < 1.29 is 37.4 Å². The molecular formula is C16H20F2N2O6. The van der Waals surface area contributed by atoms with Crippen LogP contribution >= 0.6 is 0 Å². The van der Waals surface area contributed by atoms with Crippen molar-refractivity contribution >= 4 is 17.9 Å². The van der Waals surface area contributed by atoms with Gasteiger partial charge in [0.15, 0.2) is 17.6 Å². The van der Waals surface area contributed by atoms with Gasteiger partial charge in [-0.15, -0.1) is 0 Å². The molecule has 0 aliphatic rings. The second kappa shape index (κ2) is 9.54. The number of benzene rings is 1. The molecule has 1 atom stereocenters. The molecule has 2 N–H and O–H groups in total. The molecule has 0 unspecified atom stereocenters. The number of carbonyl (C=O) groups is 3. The molecule has 0 fully saturated rings. The van der Waals surface area contributed by atoms with Crippen molar-refractivity contribution in [2.45, 2.75) is 39.5 Å². The highest BCUT2D eigenvalue weighted by atomic mass is 19.3. The largest absolute Gasteiger partial charge is 0.493 e. The van der Waals surface area contributed by atoms with Gasteiger partial charge < -0.3 is 19.5 Å². The zero-order valence-electron chi connectivity index (χ0n) is 14.7. The molecular weight excluding hydrogens is 354 g/mol. The molecule has 0 saturated heterocycles. The monoisotopic (exact) mass is 374 g/mol. The number of hydrogen-bond acceptors (Lipinski definition) is 6. The molecule has 1 rings (SSSR count). The summed E-state index contributed by atoms with van der Waals surface area (Å²) < 4.78 is 38.7. The zero-order valence-corrected chi connectivity index (χ0v) is 14.7. The van der Waals surface area contributed by atoms with Crippen LogP contribution in [0, 0.1) is 0 Å². The number of ether oxygens (including phenoxy) is 3. The summed E-state index contributed by atoms with van der Waals surface area (Å²) in [4.78, 5) is 35.4. The molecule has 26 heavy (non-hydrogen) atoms. The van der Waals surface area contributed by atoms with Crippen LogP contribution in [0.2, 0.25) is 0 Å². The maximum absolute atomic E-state index is 12.3. The van der Waals surface area contributed by atoms with E-state index in [2.05, 4.69) is 10.1 Å². The van der Waals surface area contributed by atoms with Crippen molar-refractivity contribution in [1.82, 2.24) is 10.6 Å². The smallest absolute Gasteiger partial charge is 0.387 e. The first-order valence-corrected chi connectivity index (χ1v) is 7.59. The van der Waals surface area contributed by atoms with E-state index in [0.29, 0.717) is 0 Å². The number of imide groups is 1. The highest BCUT2D eigenvalue weighted by Crippen LogP contribution is 2.29. The number of halogens is 2. The van der Waals surface area contributed by atoms with E-state index in [4.69, 9.17) is 9.47 Å². The van der Waals surface area contributed by atoms with Gasteiger partial charge in [0.1, 0.15) is 0 Å². The lowest BCUT2D eigenvalue weighted by Gasteiger charge is -2.15. The summed E-state index contributed by atoms with van der Waals surface area (Å²) in [6.45, 7) is 1.65. The van der Waals surface area contributed by atoms with Gasteiger partial charge in [0, 0.05) is 6.04 Å². The number of rotatable bonds is 7. The molecule has 1 aromatic rings. The summed E-state index contributed by atoms with van der Waals surface area (Å²) in [5.41, 5.74) is -0.0465. The predicted molar refractivity (Wildman–Crippen MR) is 86.3 cm³/mol. The quantitative estimate of drug-likeness (QED) is 0.709. The molecule has 10 heteroatoms. The third-order valence-corrected chi connectivity index (χ3v) is 2.92. The fourth-order valence-corrected chi connectivity index (χ4v) is 1.78. The minimum absolute atomic E-state index is 0.0465. The van der Waals surface area contributed by atoms with Crippen molar-refractivity contribution in [3.05, 3.63) is 23.8 Å². The third kappa shape index (κ3) is 6.54. The first kappa shape index (κ1) is 21.1. The van der Waals surface area contributed by atoms with Gasteiger partial charge in [0.05, 0.1) is 12.7 Å². The average Bonchev–Trinajstić information content (AvgIpc) is 2.53. The molecule has 0 radical (unpaired) electrons. The summed E-state index contributed by atoms with van der Waals surface area (Å²) in [6, 6.07) is 2.53. The van der Waals surface area contributed by atoms with Crippen molar-refractivity contribution in [2.24, 2.45) is 0 Å². The Bertz CT molecular complexity index is 666. The molecule has 144 valence electrons. The normalized spacial score (nSPS) is 11.7. The molecule has 8 nitrogen and oxygen atoms in total. The van der Waals surface area contributed by atoms with Gasteiger partial charge >= 0.3 is 18.6 Å². The van der Waals surface area contributed by atoms with Crippen molar-refractivity contribution in [3.8, 4) is 11.5 Å². The molecule has 0 aliphatic heterocycles. The Labute approximate surface area is 148 Å². The summed E-state index contributed by atoms with van der Waals surface area (Å²) in [5, 5.41) is 4.47. The number of amides is 3. The van der Waals surface area contributed by atoms with Gasteiger partial charge in [-0.05, 0) is 39.0 Å². The minimum Gasteiger partial charge on any atom is -0.493 e. The lowest BCUT2D eigenvalue weighted by Crippen LogP contribution is -2.46. The first-order chi connectivity index (χ1) is 12.1. The SMILES string of the molecule is COc1cc(C(=O)O[C@H](C)C(=O)NC(=O)NC(C)C)ccc1OC(F)F. The van der Waals surface area contributed by atoms with E-state index in [0.717, 1.165) is 12.1 Å². The van der Waals surface area contributed by atoms with E-state index >= 15 is 0 Å². The number of carbonyl (C=O) groups excluding carboxylic acids is 3. The molecule has 0 spiro atoms. The van der Waals surface area contributed by atoms with Crippen molar-refractivity contribution in [2.75, 3.05) is 7.11 Å². The van der Waals surface area contributed by atoms with E-state index in [1.807, 2.05) is 5.32 Å². The Balaban J connectivity index is 2.74. The minimum atomic E-state index is -3.05. The van der Waals surface area contributed by atoms with Crippen molar-refractivity contribution in [3.63, 3.8) is 0 Å². The van der Waals surface area contributed by atoms with E-state index in [1.54, 1.807) is 13.8 Å². The van der Waals surface area contributed by atoms with Gasteiger partial charge in [0.2, 0.25) is 0 Å². The first-order valence-electron chi connectivity index (χ1n) is 7.59. The van der Waals surface area contributed by atoms with Gasteiger partial charge in [-0.2, -0.15) is 8.78 Å². The van der Waals surface area contributed by atoms with Crippen LogP contribution in [0.3, 0.4) is 0 Å². The Hall–Kier alpha value is -2.91.